The summed E-state index contributed by atoms with van der Waals surface area (Å²) in [5.41, 5.74) is -2.20. The summed E-state index contributed by atoms with van der Waals surface area (Å²) < 4.78 is 5.50. The molecule has 0 spiro atoms. The van der Waals surface area contributed by atoms with E-state index in [4.69, 9.17) is 4.74 Å². The predicted octanol–water partition coefficient (Wildman–Crippen LogP) is 2.47. The van der Waals surface area contributed by atoms with Crippen LogP contribution in [0.2, 0.25) is 0 Å². The van der Waals surface area contributed by atoms with Gasteiger partial charge in [0.2, 0.25) is 11.4 Å². The molecule has 2 aliphatic heterocycles. The first-order valence-corrected chi connectivity index (χ1v) is 9.37. The van der Waals surface area contributed by atoms with Gasteiger partial charge in [0.15, 0.2) is 5.60 Å². The maximum Gasteiger partial charge on any atom is 0.339 e. The van der Waals surface area contributed by atoms with Crippen LogP contribution in [0.3, 0.4) is 0 Å². The summed E-state index contributed by atoms with van der Waals surface area (Å²) in [5, 5.41) is 13.8. The number of fused-ring (bicyclic) bond motifs is 1. The molecule has 5 nitrogen and oxygen atoms in total. The van der Waals surface area contributed by atoms with Crippen molar-refractivity contribution in [3.8, 4) is 0 Å². The number of allylic oxidation sites excluding steroid dienone is 1. The summed E-state index contributed by atoms with van der Waals surface area (Å²) in [4.78, 5) is 24.9. The molecule has 24 heavy (non-hydrogen) atoms. The Morgan fingerprint density at radius 1 is 1.38 bits per heavy atom. The second kappa shape index (κ2) is 6.51. The molecule has 0 saturated carbocycles. The molecule has 2 heterocycles. The zero-order chi connectivity index (χ0) is 17.4. The number of rotatable bonds is 7. The molecule has 0 radical (unpaired) electrons. The van der Waals surface area contributed by atoms with Gasteiger partial charge in [-0.2, -0.15) is 0 Å². The van der Waals surface area contributed by atoms with Crippen molar-refractivity contribution in [1.29, 1.82) is 0 Å². The van der Waals surface area contributed by atoms with Gasteiger partial charge < -0.3 is 15.2 Å². The number of amides is 1. The first-order chi connectivity index (χ1) is 11.5. The van der Waals surface area contributed by atoms with E-state index in [9.17, 15) is 14.7 Å². The molecule has 0 aromatic heterocycles. The van der Waals surface area contributed by atoms with Gasteiger partial charge in [-0.1, -0.05) is 44.8 Å². The van der Waals surface area contributed by atoms with Crippen molar-refractivity contribution in [2.75, 3.05) is 0 Å². The molecule has 1 amide bonds. The zero-order valence-corrected chi connectivity index (χ0v) is 14.7. The molecular formula is C19H29NO4. The molecule has 0 aromatic rings. The van der Waals surface area contributed by atoms with Crippen molar-refractivity contribution in [2.24, 2.45) is 11.8 Å². The van der Waals surface area contributed by atoms with E-state index in [1.165, 1.54) is 0 Å². The number of unbranched alkanes of at least 4 members (excludes halogenated alkanes) is 3. The van der Waals surface area contributed by atoms with Crippen LogP contribution in [-0.4, -0.2) is 34.2 Å². The number of aliphatic hydroxyl groups excluding tert-OH is 1. The number of ether oxygens (including phenoxy) is 1. The summed E-state index contributed by atoms with van der Waals surface area (Å²) in [5.74, 6) is -1.11. The third-order valence-electron chi connectivity index (χ3n) is 6.20. The highest BCUT2D eigenvalue weighted by Crippen LogP contribution is 2.53. The maximum absolute atomic E-state index is 12.6. The van der Waals surface area contributed by atoms with Crippen LogP contribution in [0.15, 0.2) is 12.2 Å². The molecule has 5 heteroatoms. The van der Waals surface area contributed by atoms with Crippen LogP contribution in [0.5, 0.6) is 0 Å². The van der Waals surface area contributed by atoms with Crippen LogP contribution in [0.4, 0.5) is 0 Å². The first kappa shape index (κ1) is 17.5. The van der Waals surface area contributed by atoms with E-state index < -0.39 is 23.2 Å². The summed E-state index contributed by atoms with van der Waals surface area (Å²) >= 11 is 0. The fraction of sp³-hybridized carbons (Fsp3) is 0.789. The molecule has 2 saturated heterocycles. The summed E-state index contributed by atoms with van der Waals surface area (Å²) in [6, 6.07) is 0. The molecule has 0 aromatic carbocycles. The van der Waals surface area contributed by atoms with E-state index >= 15 is 0 Å². The normalized spacial score (nSPS) is 39.0. The topological polar surface area (TPSA) is 75.6 Å². The van der Waals surface area contributed by atoms with E-state index in [2.05, 4.69) is 12.2 Å². The third kappa shape index (κ3) is 2.40. The van der Waals surface area contributed by atoms with Crippen LogP contribution in [0.1, 0.15) is 65.2 Å². The lowest BCUT2D eigenvalue weighted by atomic mass is 9.64. The predicted molar refractivity (Wildman–Crippen MR) is 90.1 cm³/mol. The zero-order valence-electron chi connectivity index (χ0n) is 14.7. The molecule has 3 rings (SSSR count). The van der Waals surface area contributed by atoms with Crippen molar-refractivity contribution < 1.29 is 19.4 Å². The summed E-state index contributed by atoms with van der Waals surface area (Å²) in [7, 11) is 0. The van der Waals surface area contributed by atoms with Gasteiger partial charge in [-0.25, -0.2) is 4.79 Å². The molecule has 0 bridgehead atoms. The highest BCUT2D eigenvalue weighted by Gasteiger charge is 2.79. The van der Waals surface area contributed by atoms with E-state index in [1.54, 1.807) is 0 Å². The van der Waals surface area contributed by atoms with Crippen LogP contribution in [0.25, 0.3) is 0 Å². The van der Waals surface area contributed by atoms with Gasteiger partial charge in [-0.05, 0) is 32.6 Å². The summed E-state index contributed by atoms with van der Waals surface area (Å²) in [6.45, 7) is 3.96. The van der Waals surface area contributed by atoms with Crippen LogP contribution < -0.4 is 5.32 Å². The Bertz CT molecular complexity index is 545. The van der Waals surface area contributed by atoms with Gasteiger partial charge in [0.05, 0.1) is 12.0 Å². The lowest BCUT2D eigenvalue weighted by Gasteiger charge is -2.54. The Balaban J connectivity index is 1.79. The third-order valence-corrected chi connectivity index (χ3v) is 6.20. The standard InChI is InChI=1S/C19H29NO4/c1-3-4-5-9-12-14-16(22)20-19(17(23)24-18(14,19)2)15(21)13-10-7-6-8-11-13/h7,10,13-15,21H,3-6,8-9,11-12H2,1-2H3,(H,20,22)/t13?,14?,15-,18+,19?/m1/s1. The van der Waals surface area contributed by atoms with Crippen LogP contribution in [0, 0.1) is 11.8 Å². The molecule has 3 aliphatic rings. The number of carbonyl (C=O) groups is 2. The molecule has 134 valence electrons. The molecular weight excluding hydrogens is 306 g/mol. The van der Waals surface area contributed by atoms with Crippen molar-refractivity contribution in [3.63, 3.8) is 0 Å². The number of hydrogen-bond acceptors (Lipinski definition) is 4. The number of esters is 1. The average Bonchev–Trinajstić information content (AvgIpc) is 2.76. The van der Waals surface area contributed by atoms with Gasteiger partial charge >= 0.3 is 5.97 Å². The number of aliphatic hydroxyl groups is 1. The number of carbonyl (C=O) groups excluding carboxylic acids is 2. The van der Waals surface area contributed by atoms with Crippen molar-refractivity contribution >= 4 is 11.9 Å². The van der Waals surface area contributed by atoms with E-state index in [0.717, 1.165) is 44.9 Å². The SMILES string of the molecule is CCCCCCC1C(=O)NC2([C@H](O)C3C=CCCC3)C(=O)O[C@@]12C. The molecule has 5 atom stereocenters. The largest absolute Gasteiger partial charge is 0.453 e. The monoisotopic (exact) mass is 335 g/mol. The number of nitrogens with one attached hydrogen (secondary N) is 1. The Kier molecular flexibility index (Phi) is 4.73. The maximum atomic E-state index is 12.6. The highest BCUT2D eigenvalue weighted by atomic mass is 16.6. The lowest BCUT2D eigenvalue weighted by Crippen LogP contribution is -2.80. The molecule has 2 N–H and O–H groups in total. The number of hydrogen-bond donors (Lipinski definition) is 2. The smallest absolute Gasteiger partial charge is 0.339 e. The van der Waals surface area contributed by atoms with Crippen molar-refractivity contribution in [3.05, 3.63) is 12.2 Å². The minimum Gasteiger partial charge on any atom is -0.453 e. The minimum absolute atomic E-state index is 0.106. The van der Waals surface area contributed by atoms with E-state index in [-0.39, 0.29) is 17.7 Å². The quantitative estimate of drug-likeness (QED) is 0.426. The Morgan fingerprint density at radius 2 is 2.17 bits per heavy atom. The molecule has 2 fully saturated rings. The van der Waals surface area contributed by atoms with Gasteiger partial charge in [0.1, 0.15) is 0 Å². The van der Waals surface area contributed by atoms with E-state index in [0.29, 0.717) is 6.42 Å². The second-order valence-corrected chi connectivity index (χ2v) is 7.66. The van der Waals surface area contributed by atoms with Gasteiger partial charge in [-0.15, -0.1) is 0 Å². The van der Waals surface area contributed by atoms with Crippen molar-refractivity contribution in [1.82, 2.24) is 5.32 Å². The lowest BCUT2D eigenvalue weighted by molar-refractivity contribution is -0.238. The average molecular weight is 335 g/mol. The fourth-order valence-electron chi connectivity index (χ4n) is 4.66. The molecule has 3 unspecified atom stereocenters. The second-order valence-electron chi connectivity index (χ2n) is 7.66. The van der Waals surface area contributed by atoms with Crippen molar-refractivity contribution in [2.45, 2.75) is 82.5 Å². The Hall–Kier alpha value is -1.36. The van der Waals surface area contributed by atoms with Gasteiger partial charge in [-0.3, -0.25) is 4.79 Å². The van der Waals surface area contributed by atoms with Gasteiger partial charge in [0, 0.05) is 5.92 Å². The summed E-state index contributed by atoms with van der Waals surface area (Å²) in [6.07, 6.45) is 10.9. The Labute approximate surface area is 143 Å². The Morgan fingerprint density at radius 3 is 2.79 bits per heavy atom. The first-order valence-electron chi connectivity index (χ1n) is 9.37. The molecule has 1 aliphatic carbocycles. The van der Waals surface area contributed by atoms with Crippen LogP contribution in [-0.2, 0) is 14.3 Å². The fourth-order valence-corrected chi connectivity index (χ4v) is 4.66. The van der Waals surface area contributed by atoms with Gasteiger partial charge in [0.25, 0.3) is 0 Å². The highest BCUT2D eigenvalue weighted by molar-refractivity contribution is 6.01. The van der Waals surface area contributed by atoms with Crippen LogP contribution >= 0.6 is 0 Å². The van der Waals surface area contributed by atoms with E-state index in [1.807, 2.05) is 19.1 Å². The minimum atomic E-state index is -1.27.